The fourth-order valence-corrected chi connectivity index (χ4v) is 2.75. The zero-order valence-electron chi connectivity index (χ0n) is 10.6. The standard InChI is InChI=1S/C12H15N5O2/c18-9-2-1-8-7-17-11(13-10(8)9)14-12(15-17)16-3-5-19-6-4-16/h1-7H2,(H,13,14,15). The van der Waals surface area contributed by atoms with E-state index in [9.17, 15) is 4.79 Å². The summed E-state index contributed by atoms with van der Waals surface area (Å²) in [6, 6.07) is 0. The third kappa shape index (κ3) is 1.73. The van der Waals surface area contributed by atoms with E-state index < -0.39 is 0 Å². The van der Waals surface area contributed by atoms with Crippen LogP contribution in [-0.2, 0) is 16.1 Å². The van der Waals surface area contributed by atoms with Crippen LogP contribution in [0.15, 0.2) is 11.3 Å². The van der Waals surface area contributed by atoms with Crippen LogP contribution in [0.5, 0.6) is 0 Å². The Labute approximate surface area is 110 Å². The Balaban J connectivity index is 1.61. The van der Waals surface area contributed by atoms with E-state index in [1.807, 2.05) is 4.68 Å². The quantitative estimate of drug-likeness (QED) is 0.776. The van der Waals surface area contributed by atoms with Crippen LogP contribution in [0.3, 0.4) is 0 Å². The molecule has 3 aliphatic rings. The second kappa shape index (κ2) is 4.06. The average Bonchev–Trinajstić information content (AvgIpc) is 3.02. The summed E-state index contributed by atoms with van der Waals surface area (Å²) in [5, 5.41) is 7.66. The zero-order valence-corrected chi connectivity index (χ0v) is 10.6. The van der Waals surface area contributed by atoms with Crippen LogP contribution in [0.25, 0.3) is 0 Å². The summed E-state index contributed by atoms with van der Waals surface area (Å²) in [6.07, 6.45) is 1.45. The maximum absolute atomic E-state index is 11.7. The first-order valence-electron chi connectivity index (χ1n) is 6.61. The minimum absolute atomic E-state index is 0.192. The number of carbonyl (C=O) groups is 1. The van der Waals surface area contributed by atoms with Crippen molar-refractivity contribution in [1.29, 1.82) is 0 Å². The lowest BCUT2D eigenvalue weighted by Gasteiger charge is -2.25. The van der Waals surface area contributed by atoms with E-state index in [0.29, 0.717) is 32.1 Å². The molecule has 1 fully saturated rings. The van der Waals surface area contributed by atoms with Gasteiger partial charge in [0.25, 0.3) is 0 Å². The molecule has 2 aliphatic heterocycles. The molecule has 1 aromatic rings. The number of hydrogen-bond acceptors (Lipinski definition) is 6. The Hall–Kier alpha value is -1.89. The van der Waals surface area contributed by atoms with Crippen molar-refractivity contribution in [3.63, 3.8) is 0 Å². The SMILES string of the molecule is O=C1CCC2=C1Nc1nc(N3CCOCC3)nn1C2. The summed E-state index contributed by atoms with van der Waals surface area (Å²) < 4.78 is 7.17. The second-order valence-electron chi connectivity index (χ2n) is 5.02. The van der Waals surface area contributed by atoms with Gasteiger partial charge in [-0.25, -0.2) is 4.68 Å². The van der Waals surface area contributed by atoms with E-state index in [0.717, 1.165) is 36.7 Å². The number of Topliss-reactive ketones (excluding diaryl/α,β-unsaturated/α-hetero) is 1. The molecule has 0 unspecified atom stereocenters. The number of rotatable bonds is 1. The molecule has 0 atom stereocenters. The third-order valence-corrected chi connectivity index (χ3v) is 3.82. The molecule has 0 spiro atoms. The van der Waals surface area contributed by atoms with Crippen LogP contribution in [0.4, 0.5) is 11.9 Å². The number of fused-ring (bicyclic) bond motifs is 1. The third-order valence-electron chi connectivity index (χ3n) is 3.82. The Morgan fingerprint density at radius 3 is 2.89 bits per heavy atom. The molecule has 0 aromatic carbocycles. The minimum Gasteiger partial charge on any atom is -0.378 e. The summed E-state index contributed by atoms with van der Waals surface area (Å²) in [5.74, 6) is 1.59. The van der Waals surface area contributed by atoms with E-state index >= 15 is 0 Å². The Kier molecular flexibility index (Phi) is 2.34. The highest BCUT2D eigenvalue weighted by atomic mass is 16.5. The van der Waals surface area contributed by atoms with Crippen LogP contribution in [0.2, 0.25) is 0 Å². The highest BCUT2D eigenvalue weighted by Gasteiger charge is 2.30. The smallest absolute Gasteiger partial charge is 0.246 e. The molecule has 0 saturated carbocycles. The van der Waals surface area contributed by atoms with Gasteiger partial charge in [0.1, 0.15) is 0 Å². The van der Waals surface area contributed by atoms with Crippen molar-refractivity contribution in [3.05, 3.63) is 11.3 Å². The summed E-state index contributed by atoms with van der Waals surface area (Å²) in [4.78, 5) is 18.3. The van der Waals surface area contributed by atoms with Crippen molar-refractivity contribution >= 4 is 17.7 Å². The fraction of sp³-hybridized carbons (Fsp3) is 0.583. The van der Waals surface area contributed by atoms with Gasteiger partial charge in [-0.15, -0.1) is 5.10 Å². The van der Waals surface area contributed by atoms with Gasteiger partial charge in [-0.2, -0.15) is 4.98 Å². The number of carbonyl (C=O) groups excluding carboxylic acids is 1. The molecular weight excluding hydrogens is 246 g/mol. The number of allylic oxidation sites excluding steroid dienone is 2. The lowest BCUT2D eigenvalue weighted by atomic mass is 10.2. The predicted octanol–water partition coefficient (Wildman–Crippen LogP) is 0.157. The van der Waals surface area contributed by atoms with E-state index in [2.05, 4.69) is 20.3 Å². The van der Waals surface area contributed by atoms with E-state index in [4.69, 9.17) is 4.74 Å². The van der Waals surface area contributed by atoms with Gasteiger partial charge >= 0.3 is 0 Å². The molecule has 4 rings (SSSR count). The van der Waals surface area contributed by atoms with E-state index in [1.165, 1.54) is 0 Å². The molecule has 19 heavy (non-hydrogen) atoms. The minimum atomic E-state index is 0.192. The number of ketones is 1. The number of aromatic nitrogens is 3. The van der Waals surface area contributed by atoms with Crippen LogP contribution in [0, 0.1) is 0 Å². The Morgan fingerprint density at radius 2 is 2.05 bits per heavy atom. The molecule has 0 bridgehead atoms. The molecule has 3 heterocycles. The summed E-state index contributed by atoms with van der Waals surface area (Å²) in [7, 11) is 0. The lowest BCUT2D eigenvalue weighted by molar-refractivity contribution is -0.114. The molecule has 1 aromatic heterocycles. The van der Waals surface area contributed by atoms with Crippen molar-refractivity contribution in [2.24, 2.45) is 0 Å². The van der Waals surface area contributed by atoms with Crippen LogP contribution >= 0.6 is 0 Å². The molecule has 0 amide bonds. The maximum Gasteiger partial charge on any atom is 0.246 e. The van der Waals surface area contributed by atoms with Gasteiger partial charge < -0.3 is 15.0 Å². The van der Waals surface area contributed by atoms with E-state index in [-0.39, 0.29) is 5.78 Å². The number of morpholine rings is 1. The Bertz CT molecular complexity index is 571. The van der Waals surface area contributed by atoms with Crippen LogP contribution in [0.1, 0.15) is 12.8 Å². The molecular formula is C12H15N5O2. The van der Waals surface area contributed by atoms with Crippen molar-refractivity contribution in [2.45, 2.75) is 19.4 Å². The van der Waals surface area contributed by atoms with Gasteiger partial charge in [-0.3, -0.25) is 4.79 Å². The molecule has 1 aliphatic carbocycles. The molecule has 0 radical (unpaired) electrons. The molecule has 1 N–H and O–H groups in total. The average molecular weight is 261 g/mol. The fourth-order valence-electron chi connectivity index (χ4n) is 2.75. The lowest BCUT2D eigenvalue weighted by Crippen LogP contribution is -2.37. The monoisotopic (exact) mass is 261 g/mol. The number of ether oxygens (including phenoxy) is 1. The highest BCUT2D eigenvalue weighted by Crippen LogP contribution is 2.30. The molecule has 7 heteroatoms. The zero-order chi connectivity index (χ0) is 12.8. The predicted molar refractivity (Wildman–Crippen MR) is 67.9 cm³/mol. The van der Waals surface area contributed by atoms with Crippen LogP contribution < -0.4 is 10.2 Å². The number of nitrogens with one attached hydrogen (secondary N) is 1. The van der Waals surface area contributed by atoms with Crippen molar-refractivity contribution < 1.29 is 9.53 Å². The molecule has 100 valence electrons. The largest absolute Gasteiger partial charge is 0.378 e. The van der Waals surface area contributed by atoms with Gasteiger partial charge in [-0.1, -0.05) is 0 Å². The molecule has 7 nitrogen and oxygen atoms in total. The van der Waals surface area contributed by atoms with Gasteiger partial charge in [0, 0.05) is 19.5 Å². The number of hydrogen-bond donors (Lipinski definition) is 1. The van der Waals surface area contributed by atoms with Gasteiger partial charge in [-0.05, 0) is 12.0 Å². The Morgan fingerprint density at radius 1 is 1.21 bits per heavy atom. The molecule has 1 saturated heterocycles. The summed E-state index contributed by atoms with van der Waals surface area (Å²) in [6.45, 7) is 3.74. The normalized spacial score (nSPS) is 22.3. The number of anilines is 2. The topological polar surface area (TPSA) is 72.3 Å². The van der Waals surface area contributed by atoms with Gasteiger partial charge in [0.05, 0.1) is 25.5 Å². The highest BCUT2D eigenvalue weighted by molar-refractivity contribution is 6.01. The van der Waals surface area contributed by atoms with Crippen LogP contribution in [-0.4, -0.2) is 46.9 Å². The second-order valence-corrected chi connectivity index (χ2v) is 5.02. The van der Waals surface area contributed by atoms with Gasteiger partial charge in [0.2, 0.25) is 11.9 Å². The first kappa shape index (κ1) is 11.0. The maximum atomic E-state index is 11.7. The van der Waals surface area contributed by atoms with Crippen molar-refractivity contribution in [1.82, 2.24) is 14.8 Å². The number of nitrogens with zero attached hydrogens (tertiary/aromatic N) is 4. The first-order valence-corrected chi connectivity index (χ1v) is 6.61. The first-order chi connectivity index (χ1) is 9.31. The van der Waals surface area contributed by atoms with Gasteiger partial charge in [0.15, 0.2) is 5.78 Å². The summed E-state index contributed by atoms with van der Waals surface area (Å²) >= 11 is 0. The van der Waals surface area contributed by atoms with E-state index in [1.54, 1.807) is 0 Å². The van der Waals surface area contributed by atoms with Crippen molar-refractivity contribution in [3.8, 4) is 0 Å². The van der Waals surface area contributed by atoms with Crippen molar-refractivity contribution in [2.75, 3.05) is 36.5 Å². The summed E-state index contributed by atoms with van der Waals surface area (Å²) in [5.41, 5.74) is 1.89.